The van der Waals surface area contributed by atoms with Gasteiger partial charge in [0.15, 0.2) is 0 Å². The summed E-state index contributed by atoms with van der Waals surface area (Å²) in [5.74, 6) is 1.19. The molecule has 2 aromatic carbocycles. The fourth-order valence-corrected chi connectivity index (χ4v) is 2.27. The Morgan fingerprint density at radius 2 is 1.38 bits per heavy atom. The summed E-state index contributed by atoms with van der Waals surface area (Å²) < 4.78 is 10.1. The van der Waals surface area contributed by atoms with E-state index in [0.717, 1.165) is 17.0 Å². The SMILES string of the molecule is COc1ccc(NC(=O)Nc2ccc(-c3ccc(OC)nn3)cc2)cc1. The third-order valence-corrected chi connectivity index (χ3v) is 3.64. The predicted octanol–water partition coefficient (Wildman–Crippen LogP) is 3.80. The van der Waals surface area contributed by atoms with E-state index >= 15 is 0 Å². The Hall–Kier alpha value is -3.61. The van der Waals surface area contributed by atoms with Gasteiger partial charge in [-0.15, -0.1) is 10.2 Å². The summed E-state index contributed by atoms with van der Waals surface area (Å²) in [7, 11) is 3.14. The zero-order valence-electron chi connectivity index (χ0n) is 14.4. The van der Waals surface area contributed by atoms with Crippen molar-refractivity contribution in [2.45, 2.75) is 0 Å². The second-order valence-electron chi connectivity index (χ2n) is 5.35. The number of anilines is 2. The van der Waals surface area contributed by atoms with Gasteiger partial charge in [-0.3, -0.25) is 0 Å². The summed E-state index contributed by atoms with van der Waals surface area (Å²) in [6.45, 7) is 0. The molecule has 0 fully saturated rings. The smallest absolute Gasteiger partial charge is 0.323 e. The van der Waals surface area contributed by atoms with Crippen LogP contribution in [0.15, 0.2) is 60.7 Å². The van der Waals surface area contributed by atoms with Crippen molar-refractivity contribution in [2.75, 3.05) is 24.9 Å². The van der Waals surface area contributed by atoms with E-state index in [0.29, 0.717) is 17.3 Å². The van der Waals surface area contributed by atoms with E-state index in [9.17, 15) is 4.79 Å². The minimum absolute atomic E-state index is 0.327. The first kappa shape index (κ1) is 17.2. The number of methoxy groups -OCH3 is 2. The minimum atomic E-state index is -0.327. The van der Waals surface area contributed by atoms with E-state index in [1.165, 1.54) is 0 Å². The minimum Gasteiger partial charge on any atom is -0.497 e. The number of nitrogens with zero attached hydrogens (tertiary/aromatic N) is 2. The lowest BCUT2D eigenvalue weighted by atomic mass is 10.1. The summed E-state index contributed by atoms with van der Waals surface area (Å²) in [5.41, 5.74) is 2.95. The highest BCUT2D eigenvalue weighted by atomic mass is 16.5. The average Bonchev–Trinajstić information content (AvgIpc) is 2.69. The molecule has 1 aromatic heterocycles. The molecular weight excluding hydrogens is 332 g/mol. The predicted molar refractivity (Wildman–Crippen MR) is 99.7 cm³/mol. The third kappa shape index (κ3) is 4.27. The summed E-state index contributed by atoms with van der Waals surface area (Å²) in [4.78, 5) is 12.1. The average molecular weight is 350 g/mol. The van der Waals surface area contributed by atoms with E-state index in [2.05, 4.69) is 20.8 Å². The van der Waals surface area contributed by atoms with Crippen LogP contribution in [0.3, 0.4) is 0 Å². The van der Waals surface area contributed by atoms with Gasteiger partial charge >= 0.3 is 6.03 Å². The Bertz CT molecular complexity index is 863. The molecule has 26 heavy (non-hydrogen) atoms. The highest BCUT2D eigenvalue weighted by molar-refractivity contribution is 5.99. The molecule has 0 aliphatic rings. The van der Waals surface area contributed by atoms with Crippen molar-refractivity contribution in [3.63, 3.8) is 0 Å². The number of ether oxygens (including phenoxy) is 2. The number of amides is 2. The maximum absolute atomic E-state index is 12.1. The molecule has 2 N–H and O–H groups in total. The van der Waals surface area contributed by atoms with Gasteiger partial charge in [-0.05, 0) is 42.5 Å². The molecule has 132 valence electrons. The number of aromatic nitrogens is 2. The van der Waals surface area contributed by atoms with Crippen LogP contribution in [0.25, 0.3) is 11.3 Å². The number of nitrogens with one attached hydrogen (secondary N) is 2. The van der Waals surface area contributed by atoms with Gasteiger partial charge in [-0.1, -0.05) is 12.1 Å². The van der Waals surface area contributed by atoms with Gasteiger partial charge in [-0.25, -0.2) is 4.79 Å². The molecule has 7 heteroatoms. The third-order valence-electron chi connectivity index (χ3n) is 3.64. The molecule has 0 saturated carbocycles. The maximum Gasteiger partial charge on any atom is 0.323 e. The zero-order chi connectivity index (χ0) is 18.4. The molecule has 0 spiro atoms. The monoisotopic (exact) mass is 350 g/mol. The summed E-state index contributed by atoms with van der Waals surface area (Å²) in [5, 5.41) is 13.6. The topological polar surface area (TPSA) is 85.4 Å². The number of hydrogen-bond acceptors (Lipinski definition) is 5. The Kier molecular flexibility index (Phi) is 5.28. The molecule has 7 nitrogen and oxygen atoms in total. The van der Waals surface area contributed by atoms with Crippen LogP contribution in [-0.2, 0) is 0 Å². The van der Waals surface area contributed by atoms with Gasteiger partial charge in [0.1, 0.15) is 5.75 Å². The van der Waals surface area contributed by atoms with E-state index < -0.39 is 0 Å². The Morgan fingerprint density at radius 3 is 1.88 bits per heavy atom. The van der Waals surface area contributed by atoms with Crippen LogP contribution in [0.1, 0.15) is 0 Å². The van der Waals surface area contributed by atoms with Gasteiger partial charge in [0.25, 0.3) is 0 Å². The summed E-state index contributed by atoms with van der Waals surface area (Å²) in [6.07, 6.45) is 0. The van der Waals surface area contributed by atoms with Gasteiger partial charge in [0, 0.05) is 23.0 Å². The molecule has 0 aliphatic carbocycles. The number of hydrogen-bond donors (Lipinski definition) is 2. The van der Waals surface area contributed by atoms with Crippen LogP contribution < -0.4 is 20.1 Å². The molecule has 2 amide bonds. The molecule has 0 radical (unpaired) electrons. The van der Waals surface area contributed by atoms with Gasteiger partial charge in [-0.2, -0.15) is 0 Å². The molecule has 0 atom stereocenters. The van der Waals surface area contributed by atoms with Crippen molar-refractivity contribution >= 4 is 17.4 Å². The number of carbonyl (C=O) groups excluding carboxylic acids is 1. The van der Waals surface area contributed by atoms with Crippen molar-refractivity contribution < 1.29 is 14.3 Å². The summed E-state index contributed by atoms with van der Waals surface area (Å²) >= 11 is 0. The summed E-state index contributed by atoms with van der Waals surface area (Å²) in [6, 6.07) is 17.7. The number of rotatable bonds is 5. The molecule has 1 heterocycles. The van der Waals surface area contributed by atoms with Crippen LogP contribution in [0, 0.1) is 0 Å². The molecular formula is C19H18N4O3. The van der Waals surface area contributed by atoms with Crippen molar-refractivity contribution in [1.29, 1.82) is 0 Å². The first-order valence-electron chi connectivity index (χ1n) is 7.88. The first-order chi connectivity index (χ1) is 12.7. The Morgan fingerprint density at radius 1 is 0.769 bits per heavy atom. The zero-order valence-corrected chi connectivity index (χ0v) is 14.4. The molecule has 0 bridgehead atoms. The molecule has 0 saturated heterocycles. The van der Waals surface area contributed by atoms with E-state index in [1.54, 1.807) is 56.7 Å². The second-order valence-corrected chi connectivity index (χ2v) is 5.35. The lowest BCUT2D eigenvalue weighted by molar-refractivity contribution is 0.262. The highest BCUT2D eigenvalue weighted by Gasteiger charge is 2.05. The van der Waals surface area contributed by atoms with Crippen LogP contribution in [0.4, 0.5) is 16.2 Å². The van der Waals surface area contributed by atoms with E-state index in [-0.39, 0.29) is 6.03 Å². The molecule has 3 rings (SSSR count). The van der Waals surface area contributed by atoms with Crippen molar-refractivity contribution in [3.8, 4) is 22.9 Å². The lowest BCUT2D eigenvalue weighted by Gasteiger charge is -2.09. The molecule has 3 aromatic rings. The van der Waals surface area contributed by atoms with E-state index in [1.807, 2.05) is 18.2 Å². The van der Waals surface area contributed by atoms with Gasteiger partial charge in [0.2, 0.25) is 5.88 Å². The quantitative estimate of drug-likeness (QED) is 0.731. The highest BCUT2D eigenvalue weighted by Crippen LogP contribution is 2.20. The van der Waals surface area contributed by atoms with E-state index in [4.69, 9.17) is 9.47 Å². The van der Waals surface area contributed by atoms with Gasteiger partial charge < -0.3 is 20.1 Å². The fraction of sp³-hybridized carbons (Fsp3) is 0.105. The Labute approximate surface area is 151 Å². The van der Waals surface area contributed by atoms with Gasteiger partial charge in [0.05, 0.1) is 19.9 Å². The maximum atomic E-state index is 12.1. The molecule has 0 aliphatic heterocycles. The van der Waals surface area contributed by atoms with Crippen molar-refractivity contribution in [2.24, 2.45) is 0 Å². The largest absolute Gasteiger partial charge is 0.497 e. The lowest BCUT2D eigenvalue weighted by Crippen LogP contribution is -2.19. The van der Waals surface area contributed by atoms with Crippen molar-refractivity contribution in [1.82, 2.24) is 10.2 Å². The van der Waals surface area contributed by atoms with Crippen LogP contribution in [-0.4, -0.2) is 30.4 Å². The first-order valence-corrected chi connectivity index (χ1v) is 7.88. The standard InChI is InChI=1S/C19H18N4O3/c1-25-16-9-7-15(8-10-16)21-19(24)20-14-5-3-13(4-6-14)17-11-12-18(26-2)23-22-17/h3-12H,1-2H3,(H2,20,21,24). The van der Waals surface area contributed by atoms with Crippen molar-refractivity contribution in [3.05, 3.63) is 60.7 Å². The number of carbonyl (C=O) groups is 1. The number of benzene rings is 2. The number of urea groups is 1. The van der Waals surface area contributed by atoms with Crippen LogP contribution in [0.2, 0.25) is 0 Å². The second kappa shape index (κ2) is 7.98. The van der Waals surface area contributed by atoms with Crippen LogP contribution >= 0.6 is 0 Å². The van der Waals surface area contributed by atoms with Crippen LogP contribution in [0.5, 0.6) is 11.6 Å². The fourth-order valence-electron chi connectivity index (χ4n) is 2.27. The Balaban J connectivity index is 1.61. The molecule has 0 unspecified atom stereocenters. The normalized spacial score (nSPS) is 10.1.